The van der Waals surface area contributed by atoms with Crippen molar-refractivity contribution >= 4 is 11.8 Å². The molecule has 2 aliphatic heterocycles. The first-order valence-corrected chi connectivity index (χ1v) is 7.60. The second-order valence-corrected chi connectivity index (χ2v) is 6.21. The molecule has 3 aliphatic rings. The van der Waals surface area contributed by atoms with Crippen LogP contribution < -0.4 is 0 Å². The summed E-state index contributed by atoms with van der Waals surface area (Å²) in [6.45, 7) is 1.59. The van der Waals surface area contributed by atoms with E-state index in [9.17, 15) is 9.59 Å². The van der Waals surface area contributed by atoms with Crippen LogP contribution in [0.5, 0.6) is 0 Å². The van der Waals surface area contributed by atoms with Gasteiger partial charge in [0.1, 0.15) is 5.69 Å². The summed E-state index contributed by atoms with van der Waals surface area (Å²) < 4.78 is 0. The number of fused-ring (bicyclic) bond motifs is 1. The van der Waals surface area contributed by atoms with E-state index in [0.29, 0.717) is 24.6 Å². The van der Waals surface area contributed by atoms with Crippen molar-refractivity contribution < 1.29 is 9.59 Å². The Hall–Kier alpha value is -1.98. The van der Waals surface area contributed by atoms with Gasteiger partial charge >= 0.3 is 0 Å². The fourth-order valence-corrected chi connectivity index (χ4v) is 3.55. The normalized spacial score (nSPS) is 28.1. The van der Waals surface area contributed by atoms with Crippen LogP contribution in [0.1, 0.15) is 36.2 Å². The van der Waals surface area contributed by atoms with Crippen molar-refractivity contribution in [3.8, 4) is 0 Å². The molecule has 21 heavy (non-hydrogen) atoms. The Kier molecular flexibility index (Phi) is 2.90. The standard InChI is InChI=1S/C15H18N4O2/c20-14-7-13-12(19(14)9-10-1-2-10)3-6-18(13)15(21)11-8-16-4-5-17-11/h4-5,8,10,12-13H,1-3,6-7,9H2/t12-,13-/m0/s1. The monoisotopic (exact) mass is 286 g/mol. The van der Waals surface area contributed by atoms with Crippen molar-refractivity contribution in [1.82, 2.24) is 19.8 Å². The van der Waals surface area contributed by atoms with E-state index in [2.05, 4.69) is 9.97 Å². The highest BCUT2D eigenvalue weighted by atomic mass is 16.2. The lowest BCUT2D eigenvalue weighted by atomic mass is 10.1. The summed E-state index contributed by atoms with van der Waals surface area (Å²) in [4.78, 5) is 36.6. The van der Waals surface area contributed by atoms with Crippen LogP contribution in [-0.2, 0) is 4.79 Å². The molecule has 0 aromatic carbocycles. The van der Waals surface area contributed by atoms with Crippen molar-refractivity contribution in [3.63, 3.8) is 0 Å². The number of nitrogens with zero attached hydrogens (tertiary/aromatic N) is 4. The number of aromatic nitrogens is 2. The summed E-state index contributed by atoms with van der Waals surface area (Å²) in [5, 5.41) is 0. The summed E-state index contributed by atoms with van der Waals surface area (Å²) in [7, 11) is 0. The molecule has 0 spiro atoms. The van der Waals surface area contributed by atoms with E-state index in [1.54, 1.807) is 6.20 Å². The molecule has 1 aromatic heterocycles. The van der Waals surface area contributed by atoms with E-state index >= 15 is 0 Å². The summed E-state index contributed by atoms with van der Waals surface area (Å²) in [6.07, 6.45) is 8.40. The minimum atomic E-state index is -0.100. The van der Waals surface area contributed by atoms with Crippen molar-refractivity contribution in [1.29, 1.82) is 0 Å². The molecule has 3 fully saturated rings. The molecule has 1 aromatic rings. The van der Waals surface area contributed by atoms with E-state index in [0.717, 1.165) is 13.0 Å². The van der Waals surface area contributed by atoms with Crippen LogP contribution >= 0.6 is 0 Å². The van der Waals surface area contributed by atoms with Gasteiger partial charge in [-0.3, -0.25) is 14.6 Å². The molecule has 1 saturated carbocycles. The van der Waals surface area contributed by atoms with Gasteiger partial charge in [0, 0.05) is 31.9 Å². The zero-order chi connectivity index (χ0) is 14.4. The van der Waals surface area contributed by atoms with Crippen LogP contribution in [0.25, 0.3) is 0 Å². The Bertz CT molecular complexity index is 572. The molecular weight excluding hydrogens is 268 g/mol. The number of rotatable bonds is 3. The number of likely N-dealkylation sites (tertiary alicyclic amines) is 2. The second-order valence-electron chi connectivity index (χ2n) is 6.21. The number of hydrogen-bond acceptors (Lipinski definition) is 4. The molecule has 6 nitrogen and oxygen atoms in total. The second kappa shape index (κ2) is 4.79. The lowest BCUT2D eigenvalue weighted by Gasteiger charge is -2.25. The zero-order valence-corrected chi connectivity index (χ0v) is 11.8. The number of amides is 2. The van der Waals surface area contributed by atoms with Crippen LogP contribution in [0.15, 0.2) is 18.6 Å². The van der Waals surface area contributed by atoms with Crippen LogP contribution in [0.3, 0.4) is 0 Å². The van der Waals surface area contributed by atoms with E-state index in [4.69, 9.17) is 0 Å². The van der Waals surface area contributed by atoms with Crippen LogP contribution in [-0.4, -0.2) is 56.8 Å². The predicted molar refractivity (Wildman–Crippen MR) is 74.3 cm³/mol. The summed E-state index contributed by atoms with van der Waals surface area (Å²) in [5.41, 5.74) is 0.367. The topological polar surface area (TPSA) is 66.4 Å². The van der Waals surface area contributed by atoms with Crippen molar-refractivity contribution in [2.24, 2.45) is 5.92 Å². The van der Waals surface area contributed by atoms with E-state index in [-0.39, 0.29) is 23.9 Å². The van der Waals surface area contributed by atoms with Crippen LogP contribution in [0.2, 0.25) is 0 Å². The molecule has 0 N–H and O–H groups in total. The minimum Gasteiger partial charge on any atom is -0.337 e. The summed E-state index contributed by atoms with van der Waals surface area (Å²) >= 11 is 0. The molecule has 2 atom stereocenters. The third kappa shape index (κ3) is 2.18. The first-order chi connectivity index (χ1) is 10.2. The fourth-order valence-electron chi connectivity index (χ4n) is 3.55. The maximum Gasteiger partial charge on any atom is 0.274 e. The third-order valence-electron chi connectivity index (χ3n) is 4.81. The Morgan fingerprint density at radius 1 is 1.24 bits per heavy atom. The Balaban J connectivity index is 1.52. The van der Waals surface area contributed by atoms with E-state index in [1.807, 2.05) is 9.80 Å². The van der Waals surface area contributed by atoms with Gasteiger partial charge in [0.05, 0.1) is 18.3 Å². The molecule has 4 rings (SSSR count). The van der Waals surface area contributed by atoms with Crippen molar-refractivity contribution in [3.05, 3.63) is 24.3 Å². The average molecular weight is 286 g/mol. The van der Waals surface area contributed by atoms with Gasteiger partial charge in [0.15, 0.2) is 0 Å². The molecule has 2 saturated heterocycles. The maximum atomic E-state index is 12.5. The first-order valence-electron chi connectivity index (χ1n) is 7.60. The number of carbonyl (C=O) groups is 2. The smallest absolute Gasteiger partial charge is 0.274 e. The first kappa shape index (κ1) is 12.7. The van der Waals surface area contributed by atoms with Gasteiger partial charge in [0.25, 0.3) is 5.91 Å². The Morgan fingerprint density at radius 2 is 2.10 bits per heavy atom. The molecule has 0 radical (unpaired) electrons. The van der Waals surface area contributed by atoms with Gasteiger partial charge in [-0.05, 0) is 25.2 Å². The van der Waals surface area contributed by atoms with Gasteiger partial charge in [-0.1, -0.05) is 0 Å². The van der Waals surface area contributed by atoms with Crippen molar-refractivity contribution in [2.45, 2.75) is 37.8 Å². The zero-order valence-electron chi connectivity index (χ0n) is 11.8. The van der Waals surface area contributed by atoms with Crippen LogP contribution in [0, 0.1) is 5.92 Å². The highest BCUT2D eigenvalue weighted by Crippen LogP contribution is 2.37. The SMILES string of the molecule is O=C1C[C@H]2[C@H](CCN2C(=O)c2cnccn2)N1CC1CC1. The maximum absolute atomic E-state index is 12.5. The molecule has 3 heterocycles. The van der Waals surface area contributed by atoms with Crippen LogP contribution in [0.4, 0.5) is 0 Å². The summed E-state index contributed by atoms with van der Waals surface area (Å²) in [6, 6.07) is 0.226. The van der Waals surface area contributed by atoms with Gasteiger partial charge in [-0.25, -0.2) is 4.98 Å². The lowest BCUT2D eigenvalue weighted by molar-refractivity contribution is -0.129. The van der Waals surface area contributed by atoms with Gasteiger partial charge in [0.2, 0.25) is 5.91 Å². The summed E-state index contributed by atoms with van der Waals surface area (Å²) in [5.74, 6) is 0.794. The van der Waals surface area contributed by atoms with Gasteiger partial charge < -0.3 is 9.80 Å². The molecule has 110 valence electrons. The molecule has 0 unspecified atom stereocenters. The lowest BCUT2D eigenvalue weighted by Crippen LogP contribution is -2.40. The van der Waals surface area contributed by atoms with E-state index in [1.165, 1.54) is 25.2 Å². The van der Waals surface area contributed by atoms with Gasteiger partial charge in [-0.2, -0.15) is 0 Å². The predicted octanol–water partition coefficient (Wildman–Crippen LogP) is 0.702. The fraction of sp³-hybridized carbons (Fsp3) is 0.600. The molecule has 2 amide bonds. The average Bonchev–Trinajstić information content (AvgIpc) is 3.16. The van der Waals surface area contributed by atoms with E-state index < -0.39 is 0 Å². The molecule has 6 heteroatoms. The highest BCUT2D eigenvalue weighted by molar-refractivity contribution is 5.93. The molecular formula is C15H18N4O2. The quantitative estimate of drug-likeness (QED) is 0.820. The number of carbonyl (C=O) groups excluding carboxylic acids is 2. The Morgan fingerprint density at radius 3 is 2.81 bits per heavy atom. The molecule has 1 aliphatic carbocycles. The Labute approximate surface area is 123 Å². The highest BCUT2D eigenvalue weighted by Gasteiger charge is 2.49. The minimum absolute atomic E-state index is 0.0192. The third-order valence-corrected chi connectivity index (χ3v) is 4.81. The van der Waals surface area contributed by atoms with Crippen molar-refractivity contribution in [2.75, 3.05) is 13.1 Å². The largest absolute Gasteiger partial charge is 0.337 e. The molecule has 0 bridgehead atoms. The number of hydrogen-bond donors (Lipinski definition) is 0. The van der Waals surface area contributed by atoms with Gasteiger partial charge in [-0.15, -0.1) is 0 Å².